The number of nitrogens with one attached hydrogen (secondary N) is 1. The van der Waals surface area contributed by atoms with Gasteiger partial charge in [-0.25, -0.2) is 0 Å². The van der Waals surface area contributed by atoms with E-state index in [9.17, 15) is 9.59 Å². The van der Waals surface area contributed by atoms with Crippen LogP contribution in [-0.4, -0.2) is 60.8 Å². The Balaban J connectivity index is 1.78. The zero-order valence-corrected chi connectivity index (χ0v) is 11.3. The molecule has 2 unspecified atom stereocenters. The lowest BCUT2D eigenvalue weighted by Gasteiger charge is -2.40. The van der Waals surface area contributed by atoms with Crippen LogP contribution < -0.4 is 5.32 Å². The molecule has 108 valence electrons. The van der Waals surface area contributed by atoms with Gasteiger partial charge in [-0.1, -0.05) is 6.92 Å². The van der Waals surface area contributed by atoms with Crippen LogP contribution in [-0.2, 0) is 14.3 Å². The fraction of sp³-hybridized carbons (Fsp3) is 0.846. The van der Waals surface area contributed by atoms with Crippen LogP contribution in [0.5, 0.6) is 0 Å². The van der Waals surface area contributed by atoms with Gasteiger partial charge in [0.25, 0.3) is 0 Å². The number of ether oxygens (including phenoxy) is 1. The maximum Gasteiger partial charge on any atom is 0.303 e. The minimum absolute atomic E-state index is 0.103. The minimum Gasteiger partial charge on any atom is -0.481 e. The van der Waals surface area contributed by atoms with Gasteiger partial charge in [-0.2, -0.15) is 0 Å². The number of nitrogens with zero attached hydrogens (tertiary/aromatic N) is 1. The van der Waals surface area contributed by atoms with Gasteiger partial charge in [-0.3, -0.25) is 9.59 Å². The highest BCUT2D eigenvalue weighted by Gasteiger charge is 2.40. The first-order valence-electron chi connectivity index (χ1n) is 6.93. The maximum absolute atomic E-state index is 12.3. The van der Waals surface area contributed by atoms with Crippen molar-refractivity contribution in [3.05, 3.63) is 0 Å². The molecule has 6 heteroatoms. The van der Waals surface area contributed by atoms with E-state index in [1.165, 1.54) is 0 Å². The standard InChI is InChI=1S/C13H22N2O4/c1-2-3-14-11-8-19-7-10(11)13(18)15-5-9(6-15)4-12(16)17/h9-11,14H,2-8H2,1H3,(H,16,17). The van der Waals surface area contributed by atoms with E-state index in [2.05, 4.69) is 12.2 Å². The first kappa shape index (κ1) is 14.3. The predicted molar refractivity (Wildman–Crippen MR) is 68.7 cm³/mol. The van der Waals surface area contributed by atoms with Crippen molar-refractivity contribution in [3.8, 4) is 0 Å². The van der Waals surface area contributed by atoms with E-state index in [-0.39, 0.29) is 30.2 Å². The molecule has 0 bridgehead atoms. The number of amides is 1. The van der Waals surface area contributed by atoms with Gasteiger partial charge >= 0.3 is 5.97 Å². The second-order valence-electron chi connectivity index (χ2n) is 5.41. The molecule has 2 heterocycles. The van der Waals surface area contributed by atoms with Crippen LogP contribution in [0.1, 0.15) is 19.8 Å². The quantitative estimate of drug-likeness (QED) is 0.706. The Morgan fingerprint density at radius 3 is 2.74 bits per heavy atom. The number of carboxylic acid groups (broad SMARTS) is 1. The molecule has 1 amide bonds. The molecule has 19 heavy (non-hydrogen) atoms. The summed E-state index contributed by atoms with van der Waals surface area (Å²) in [4.78, 5) is 24.6. The summed E-state index contributed by atoms with van der Waals surface area (Å²) in [6.07, 6.45) is 1.18. The lowest BCUT2D eigenvalue weighted by Crippen LogP contribution is -2.55. The third-order valence-corrected chi connectivity index (χ3v) is 3.79. The molecule has 2 rings (SSSR count). The largest absolute Gasteiger partial charge is 0.481 e. The highest BCUT2D eigenvalue weighted by Crippen LogP contribution is 2.24. The van der Waals surface area contributed by atoms with Gasteiger partial charge < -0.3 is 20.1 Å². The number of carbonyl (C=O) groups excluding carboxylic acids is 1. The van der Waals surface area contributed by atoms with E-state index >= 15 is 0 Å². The summed E-state index contributed by atoms with van der Waals surface area (Å²) in [7, 11) is 0. The molecule has 0 aromatic heterocycles. The van der Waals surface area contributed by atoms with Crippen LogP contribution in [0.25, 0.3) is 0 Å². The topological polar surface area (TPSA) is 78.9 Å². The van der Waals surface area contributed by atoms with Crippen molar-refractivity contribution in [3.63, 3.8) is 0 Å². The second-order valence-corrected chi connectivity index (χ2v) is 5.41. The lowest BCUT2D eigenvalue weighted by atomic mass is 9.93. The summed E-state index contributed by atoms with van der Waals surface area (Å²) in [5.74, 6) is -0.681. The van der Waals surface area contributed by atoms with Crippen molar-refractivity contribution in [2.45, 2.75) is 25.8 Å². The predicted octanol–water partition coefficient (Wildman–Crippen LogP) is -0.0659. The molecule has 0 radical (unpaired) electrons. The van der Waals surface area contributed by atoms with Crippen LogP contribution in [0.3, 0.4) is 0 Å². The van der Waals surface area contributed by atoms with Crippen LogP contribution in [0.15, 0.2) is 0 Å². The zero-order valence-electron chi connectivity index (χ0n) is 11.3. The average Bonchev–Trinajstić information content (AvgIpc) is 2.77. The zero-order chi connectivity index (χ0) is 13.8. The van der Waals surface area contributed by atoms with E-state index in [0.717, 1.165) is 13.0 Å². The maximum atomic E-state index is 12.3. The van der Waals surface area contributed by atoms with Crippen LogP contribution >= 0.6 is 0 Å². The van der Waals surface area contributed by atoms with E-state index in [4.69, 9.17) is 9.84 Å². The van der Waals surface area contributed by atoms with Gasteiger partial charge in [0.05, 0.1) is 25.6 Å². The Bertz CT molecular complexity index is 342. The summed E-state index contributed by atoms with van der Waals surface area (Å²) in [6.45, 7) is 5.18. The molecule has 2 saturated heterocycles. The number of likely N-dealkylation sites (tertiary alicyclic amines) is 1. The highest BCUT2D eigenvalue weighted by atomic mass is 16.5. The Kier molecular flexibility index (Phi) is 4.76. The summed E-state index contributed by atoms with van der Waals surface area (Å²) in [6, 6.07) is 0.103. The smallest absolute Gasteiger partial charge is 0.303 e. The van der Waals surface area contributed by atoms with Crippen molar-refractivity contribution in [1.82, 2.24) is 10.2 Å². The monoisotopic (exact) mass is 270 g/mol. The van der Waals surface area contributed by atoms with Crippen molar-refractivity contribution in [2.75, 3.05) is 32.8 Å². The molecule has 0 spiro atoms. The Hall–Kier alpha value is -1.14. The molecule has 6 nitrogen and oxygen atoms in total. The van der Waals surface area contributed by atoms with Gasteiger partial charge in [-0.05, 0) is 13.0 Å². The third kappa shape index (κ3) is 3.45. The number of hydrogen-bond acceptors (Lipinski definition) is 4. The van der Waals surface area contributed by atoms with Gasteiger partial charge in [0.1, 0.15) is 0 Å². The van der Waals surface area contributed by atoms with Crippen LogP contribution in [0, 0.1) is 11.8 Å². The van der Waals surface area contributed by atoms with E-state index in [0.29, 0.717) is 26.3 Å². The van der Waals surface area contributed by atoms with Crippen molar-refractivity contribution >= 4 is 11.9 Å². The average molecular weight is 270 g/mol. The van der Waals surface area contributed by atoms with E-state index in [1.807, 2.05) is 0 Å². The first-order valence-corrected chi connectivity index (χ1v) is 6.93. The summed E-state index contributed by atoms with van der Waals surface area (Å²) in [5, 5.41) is 12.0. The molecule has 2 N–H and O–H groups in total. The Morgan fingerprint density at radius 2 is 2.11 bits per heavy atom. The Morgan fingerprint density at radius 1 is 1.37 bits per heavy atom. The van der Waals surface area contributed by atoms with Crippen molar-refractivity contribution in [1.29, 1.82) is 0 Å². The molecule has 0 aliphatic carbocycles. The van der Waals surface area contributed by atoms with Crippen molar-refractivity contribution < 1.29 is 19.4 Å². The van der Waals surface area contributed by atoms with Gasteiger partial charge in [-0.15, -0.1) is 0 Å². The van der Waals surface area contributed by atoms with E-state index < -0.39 is 5.97 Å². The fourth-order valence-corrected chi connectivity index (χ4v) is 2.69. The van der Waals surface area contributed by atoms with Crippen LogP contribution in [0.4, 0.5) is 0 Å². The number of rotatable bonds is 6. The van der Waals surface area contributed by atoms with E-state index in [1.54, 1.807) is 4.90 Å². The van der Waals surface area contributed by atoms with Gasteiger partial charge in [0.15, 0.2) is 0 Å². The van der Waals surface area contributed by atoms with Gasteiger partial charge in [0, 0.05) is 25.0 Å². The lowest BCUT2D eigenvalue weighted by molar-refractivity contribution is -0.147. The minimum atomic E-state index is -0.788. The van der Waals surface area contributed by atoms with Crippen LogP contribution in [0.2, 0.25) is 0 Å². The highest BCUT2D eigenvalue weighted by molar-refractivity contribution is 5.81. The molecule has 0 saturated carbocycles. The number of carboxylic acids is 1. The number of hydrogen-bond donors (Lipinski definition) is 2. The summed E-state index contributed by atoms with van der Waals surface area (Å²) < 4.78 is 5.39. The second kappa shape index (κ2) is 6.34. The number of carbonyl (C=O) groups is 2. The van der Waals surface area contributed by atoms with Gasteiger partial charge in [0.2, 0.25) is 5.91 Å². The molecule has 2 atom stereocenters. The molecule has 2 aliphatic rings. The molecule has 2 aliphatic heterocycles. The molecule has 0 aromatic rings. The molecular formula is C13H22N2O4. The molecule has 0 aromatic carbocycles. The number of aliphatic carboxylic acids is 1. The summed E-state index contributed by atoms with van der Waals surface area (Å²) in [5.41, 5.74) is 0. The first-order chi connectivity index (χ1) is 9.11. The fourth-order valence-electron chi connectivity index (χ4n) is 2.69. The third-order valence-electron chi connectivity index (χ3n) is 3.79. The van der Waals surface area contributed by atoms with Crippen molar-refractivity contribution in [2.24, 2.45) is 11.8 Å². The Labute approximate surface area is 113 Å². The summed E-state index contributed by atoms with van der Waals surface area (Å²) >= 11 is 0. The normalized spacial score (nSPS) is 27.3. The SMILES string of the molecule is CCCNC1COCC1C(=O)N1CC(CC(=O)O)C1. The molecule has 2 fully saturated rings. The molecular weight excluding hydrogens is 248 g/mol.